The van der Waals surface area contributed by atoms with Gasteiger partial charge in [-0.3, -0.25) is 4.79 Å². The van der Waals surface area contributed by atoms with E-state index in [0.717, 1.165) is 6.54 Å². The number of amides is 1. The summed E-state index contributed by atoms with van der Waals surface area (Å²) in [5.74, 6) is -0.0753. The lowest BCUT2D eigenvalue weighted by Gasteiger charge is -2.14. The van der Waals surface area contributed by atoms with Gasteiger partial charge in [-0.2, -0.15) is 0 Å². The van der Waals surface area contributed by atoms with Crippen molar-refractivity contribution in [1.29, 1.82) is 0 Å². The van der Waals surface area contributed by atoms with Crippen LogP contribution in [0, 0.1) is 5.41 Å². The molecule has 0 saturated heterocycles. The molecule has 1 saturated carbocycles. The Labute approximate surface area is 110 Å². The molecule has 2 rings (SSSR count). The molecule has 1 aliphatic carbocycles. The van der Waals surface area contributed by atoms with Crippen LogP contribution in [0.25, 0.3) is 0 Å². The van der Waals surface area contributed by atoms with E-state index in [1.54, 1.807) is 6.07 Å². The number of aromatic nitrogens is 1. The Morgan fingerprint density at radius 3 is 2.88 bits per heavy atom. The number of rotatable bonds is 5. The molecule has 1 amide bonds. The summed E-state index contributed by atoms with van der Waals surface area (Å²) in [6.07, 6.45) is 4.88. The Kier molecular flexibility index (Phi) is 3.82. The molecular formula is C13H17BrN2O. The van der Waals surface area contributed by atoms with Crippen molar-refractivity contribution in [3.8, 4) is 0 Å². The molecule has 0 aliphatic heterocycles. The van der Waals surface area contributed by atoms with Crippen LogP contribution in [-0.4, -0.2) is 17.4 Å². The van der Waals surface area contributed by atoms with E-state index in [4.69, 9.17) is 0 Å². The van der Waals surface area contributed by atoms with E-state index in [2.05, 4.69) is 33.2 Å². The van der Waals surface area contributed by atoms with Crippen LogP contribution in [0.4, 0.5) is 0 Å². The highest BCUT2D eigenvalue weighted by molar-refractivity contribution is 9.10. The fourth-order valence-electron chi connectivity index (χ4n) is 2.12. The number of hydrogen-bond donors (Lipinski definition) is 1. The summed E-state index contributed by atoms with van der Waals surface area (Å²) in [5.41, 5.74) is 0.864. The zero-order chi connectivity index (χ0) is 12.3. The van der Waals surface area contributed by atoms with Crippen LogP contribution in [0.1, 0.15) is 43.1 Å². The van der Waals surface area contributed by atoms with Crippen LogP contribution in [0.2, 0.25) is 0 Å². The third kappa shape index (κ3) is 3.28. The molecule has 1 aromatic heterocycles. The lowest BCUT2D eigenvalue weighted by atomic mass is 10.0. The molecule has 0 radical (unpaired) electrons. The van der Waals surface area contributed by atoms with Gasteiger partial charge in [-0.25, -0.2) is 4.98 Å². The summed E-state index contributed by atoms with van der Waals surface area (Å²) < 4.78 is 0.694. The third-order valence-electron chi connectivity index (χ3n) is 3.31. The van der Waals surface area contributed by atoms with Gasteiger partial charge in [0.25, 0.3) is 5.91 Å². The first kappa shape index (κ1) is 12.6. The first-order valence-electron chi connectivity index (χ1n) is 6.06. The van der Waals surface area contributed by atoms with E-state index in [-0.39, 0.29) is 5.91 Å². The molecule has 17 heavy (non-hydrogen) atoms. The second-order valence-electron chi connectivity index (χ2n) is 4.78. The van der Waals surface area contributed by atoms with Gasteiger partial charge in [-0.05, 0) is 52.7 Å². The van der Waals surface area contributed by atoms with Gasteiger partial charge in [0.1, 0.15) is 10.3 Å². The van der Waals surface area contributed by atoms with E-state index in [1.807, 2.05) is 12.1 Å². The standard InChI is InChI=1S/C13H17BrN2O/c1-2-6-13(7-8-13)9-15-12(17)10-4-3-5-11(14)16-10/h3-5H,2,6-9H2,1H3,(H,15,17). The van der Waals surface area contributed by atoms with E-state index in [0.29, 0.717) is 15.7 Å². The van der Waals surface area contributed by atoms with Gasteiger partial charge in [0.15, 0.2) is 0 Å². The number of carbonyl (C=O) groups is 1. The predicted octanol–water partition coefficient (Wildman–Crippen LogP) is 3.15. The molecular weight excluding hydrogens is 280 g/mol. The minimum atomic E-state index is -0.0753. The Bertz CT molecular complexity index is 416. The van der Waals surface area contributed by atoms with Gasteiger partial charge >= 0.3 is 0 Å². The maximum Gasteiger partial charge on any atom is 0.269 e. The van der Waals surface area contributed by atoms with E-state index in [1.165, 1.54) is 25.7 Å². The lowest BCUT2D eigenvalue weighted by molar-refractivity contribution is 0.0938. The summed E-state index contributed by atoms with van der Waals surface area (Å²) in [6, 6.07) is 5.38. The SMILES string of the molecule is CCCC1(CNC(=O)c2cccc(Br)n2)CC1. The zero-order valence-electron chi connectivity index (χ0n) is 10.0. The predicted molar refractivity (Wildman–Crippen MR) is 70.8 cm³/mol. The summed E-state index contributed by atoms with van der Waals surface area (Å²) in [7, 11) is 0. The largest absolute Gasteiger partial charge is 0.350 e. The summed E-state index contributed by atoms with van der Waals surface area (Å²) in [4.78, 5) is 16.0. The fraction of sp³-hybridized carbons (Fsp3) is 0.538. The molecule has 92 valence electrons. The highest BCUT2D eigenvalue weighted by Crippen LogP contribution is 2.48. The molecule has 0 spiro atoms. The molecule has 0 atom stereocenters. The zero-order valence-corrected chi connectivity index (χ0v) is 11.6. The Balaban J connectivity index is 1.90. The van der Waals surface area contributed by atoms with Crippen molar-refractivity contribution < 1.29 is 4.79 Å². The summed E-state index contributed by atoms with van der Waals surface area (Å²) in [6.45, 7) is 2.98. The van der Waals surface area contributed by atoms with Crippen LogP contribution in [-0.2, 0) is 0 Å². The second kappa shape index (κ2) is 5.17. The quantitative estimate of drug-likeness (QED) is 0.848. The maximum absolute atomic E-state index is 11.9. The van der Waals surface area contributed by atoms with E-state index >= 15 is 0 Å². The van der Waals surface area contributed by atoms with Gasteiger partial charge in [0, 0.05) is 6.54 Å². The first-order chi connectivity index (χ1) is 8.15. The van der Waals surface area contributed by atoms with Crippen molar-refractivity contribution in [3.05, 3.63) is 28.5 Å². The molecule has 1 heterocycles. The third-order valence-corrected chi connectivity index (χ3v) is 3.75. The topological polar surface area (TPSA) is 42.0 Å². The average Bonchev–Trinajstić information content (AvgIpc) is 3.07. The van der Waals surface area contributed by atoms with Crippen LogP contribution in [0.3, 0.4) is 0 Å². The Morgan fingerprint density at radius 1 is 1.53 bits per heavy atom. The van der Waals surface area contributed by atoms with Crippen LogP contribution < -0.4 is 5.32 Å². The van der Waals surface area contributed by atoms with Gasteiger partial charge in [-0.1, -0.05) is 19.4 Å². The number of nitrogens with zero attached hydrogens (tertiary/aromatic N) is 1. The molecule has 3 nitrogen and oxygen atoms in total. The van der Waals surface area contributed by atoms with Gasteiger partial charge in [0.05, 0.1) is 0 Å². The second-order valence-corrected chi connectivity index (χ2v) is 5.59. The normalized spacial score (nSPS) is 16.6. The Hall–Kier alpha value is -0.900. The molecule has 0 unspecified atom stereocenters. The molecule has 0 bridgehead atoms. The van der Waals surface area contributed by atoms with E-state index < -0.39 is 0 Å². The molecule has 1 aliphatic rings. The van der Waals surface area contributed by atoms with Gasteiger partial charge in [0.2, 0.25) is 0 Å². The monoisotopic (exact) mass is 296 g/mol. The fourth-order valence-corrected chi connectivity index (χ4v) is 2.46. The van der Waals surface area contributed by atoms with Crippen molar-refractivity contribution in [2.45, 2.75) is 32.6 Å². The number of halogens is 1. The number of pyridine rings is 1. The van der Waals surface area contributed by atoms with Gasteiger partial charge in [-0.15, -0.1) is 0 Å². The average molecular weight is 297 g/mol. The van der Waals surface area contributed by atoms with Crippen molar-refractivity contribution in [3.63, 3.8) is 0 Å². The summed E-state index contributed by atoms with van der Waals surface area (Å²) in [5, 5.41) is 2.99. The minimum Gasteiger partial charge on any atom is -0.350 e. The Morgan fingerprint density at radius 2 is 2.29 bits per heavy atom. The first-order valence-corrected chi connectivity index (χ1v) is 6.85. The molecule has 0 aromatic carbocycles. The summed E-state index contributed by atoms with van der Waals surface area (Å²) >= 11 is 3.27. The molecule has 1 fully saturated rings. The number of nitrogens with one attached hydrogen (secondary N) is 1. The highest BCUT2D eigenvalue weighted by Gasteiger charge is 2.41. The maximum atomic E-state index is 11.9. The minimum absolute atomic E-state index is 0.0753. The molecule has 1 N–H and O–H groups in total. The molecule has 4 heteroatoms. The smallest absolute Gasteiger partial charge is 0.269 e. The van der Waals surface area contributed by atoms with Crippen molar-refractivity contribution in [2.75, 3.05) is 6.54 Å². The van der Waals surface area contributed by atoms with E-state index in [9.17, 15) is 4.79 Å². The van der Waals surface area contributed by atoms with Crippen LogP contribution >= 0.6 is 15.9 Å². The number of carbonyl (C=O) groups excluding carboxylic acids is 1. The highest BCUT2D eigenvalue weighted by atomic mass is 79.9. The van der Waals surface area contributed by atoms with Gasteiger partial charge < -0.3 is 5.32 Å². The number of hydrogen-bond acceptors (Lipinski definition) is 2. The van der Waals surface area contributed by atoms with Crippen LogP contribution in [0.5, 0.6) is 0 Å². The molecule has 1 aromatic rings. The van der Waals surface area contributed by atoms with Crippen LogP contribution in [0.15, 0.2) is 22.8 Å². The lowest BCUT2D eigenvalue weighted by Crippen LogP contribution is -2.30. The van der Waals surface area contributed by atoms with Crippen molar-refractivity contribution in [2.24, 2.45) is 5.41 Å². The van der Waals surface area contributed by atoms with Crippen molar-refractivity contribution >= 4 is 21.8 Å². The van der Waals surface area contributed by atoms with Crippen molar-refractivity contribution in [1.82, 2.24) is 10.3 Å².